The summed E-state index contributed by atoms with van der Waals surface area (Å²) in [6, 6.07) is 0. The van der Waals surface area contributed by atoms with E-state index in [0.29, 0.717) is 0 Å². The third kappa shape index (κ3) is 5.91. The van der Waals surface area contributed by atoms with Crippen molar-refractivity contribution >= 4 is 5.97 Å². The summed E-state index contributed by atoms with van der Waals surface area (Å²) in [7, 11) is 0. The van der Waals surface area contributed by atoms with Gasteiger partial charge in [-0.2, -0.15) is 0 Å². The van der Waals surface area contributed by atoms with E-state index in [-0.39, 0.29) is 5.41 Å². The van der Waals surface area contributed by atoms with Crippen LogP contribution in [-0.4, -0.2) is 22.8 Å². The second-order valence-corrected chi connectivity index (χ2v) is 7.94. The number of rotatable bonds is 4. The molecular weight excluding hydrogens is 244 g/mol. The van der Waals surface area contributed by atoms with Crippen LogP contribution in [0, 0.1) is 5.41 Å². The fourth-order valence-corrected chi connectivity index (χ4v) is 0.771. The molecule has 0 saturated heterocycles. The fraction of sp³-hybridized carbons (Fsp3) is 0.933. The van der Waals surface area contributed by atoms with Crippen LogP contribution in [0.1, 0.15) is 69.2 Å². The highest BCUT2D eigenvalue weighted by molar-refractivity contribution is 5.78. The molecule has 0 aromatic heterocycles. The quantitative estimate of drug-likeness (QED) is 0.443. The number of carbonyl (C=O) groups excluding carboxylic acids is 1. The summed E-state index contributed by atoms with van der Waals surface area (Å²) < 4.78 is 5.59. The van der Waals surface area contributed by atoms with Gasteiger partial charge in [-0.1, -0.05) is 20.8 Å². The van der Waals surface area contributed by atoms with E-state index in [9.17, 15) is 4.79 Å². The van der Waals surface area contributed by atoms with Crippen LogP contribution in [0.25, 0.3) is 0 Å². The van der Waals surface area contributed by atoms with Crippen LogP contribution in [-0.2, 0) is 19.3 Å². The molecule has 0 heterocycles. The van der Waals surface area contributed by atoms with Crippen molar-refractivity contribution in [3.8, 4) is 0 Å². The Morgan fingerprint density at radius 2 is 1.16 bits per heavy atom. The Morgan fingerprint density at radius 1 is 0.737 bits per heavy atom. The second-order valence-electron chi connectivity index (χ2n) is 7.94. The summed E-state index contributed by atoms with van der Waals surface area (Å²) in [4.78, 5) is 22.7. The van der Waals surface area contributed by atoms with E-state index in [1.54, 1.807) is 13.8 Å². The molecule has 0 bridgehead atoms. The lowest BCUT2D eigenvalue weighted by atomic mass is 9.79. The van der Waals surface area contributed by atoms with Gasteiger partial charge >= 0.3 is 5.97 Å². The fourth-order valence-electron chi connectivity index (χ4n) is 0.771. The maximum Gasteiger partial charge on any atom is 0.341 e. The number of carbonyl (C=O) groups is 1. The Bertz CT molecular complexity index is 316. The van der Waals surface area contributed by atoms with E-state index < -0.39 is 22.8 Å². The highest BCUT2D eigenvalue weighted by atomic mass is 17.2. The predicted octanol–water partition coefficient (Wildman–Crippen LogP) is 3.88. The Kier molecular flexibility index (Phi) is 5.23. The SMILES string of the molecule is CC(C)(C)OOC(C)(C)C(=O)OC(C)(C)C(C)(C)C. The summed E-state index contributed by atoms with van der Waals surface area (Å²) in [5.74, 6) is -0.434. The van der Waals surface area contributed by atoms with Gasteiger partial charge in [0.25, 0.3) is 0 Å². The maximum absolute atomic E-state index is 12.2. The lowest BCUT2D eigenvalue weighted by molar-refractivity contribution is -0.391. The topological polar surface area (TPSA) is 44.8 Å². The number of hydrogen-bond acceptors (Lipinski definition) is 4. The molecule has 0 aliphatic rings. The number of esters is 1. The summed E-state index contributed by atoms with van der Waals surface area (Å²) in [5.41, 5.74) is -2.37. The van der Waals surface area contributed by atoms with E-state index in [2.05, 4.69) is 0 Å². The van der Waals surface area contributed by atoms with Gasteiger partial charge in [0.15, 0.2) is 5.60 Å². The average Bonchev–Trinajstić information content (AvgIpc) is 2.11. The minimum absolute atomic E-state index is 0.163. The first-order valence-corrected chi connectivity index (χ1v) is 6.69. The van der Waals surface area contributed by atoms with Crippen molar-refractivity contribution in [3.63, 3.8) is 0 Å². The monoisotopic (exact) mass is 274 g/mol. The van der Waals surface area contributed by atoms with Crippen molar-refractivity contribution < 1.29 is 19.3 Å². The lowest BCUT2D eigenvalue weighted by Gasteiger charge is -2.40. The number of ether oxygens (including phenoxy) is 1. The minimum Gasteiger partial charge on any atom is -0.457 e. The smallest absolute Gasteiger partial charge is 0.341 e. The lowest BCUT2D eigenvalue weighted by Crippen LogP contribution is -2.48. The van der Waals surface area contributed by atoms with Crippen LogP contribution in [0.3, 0.4) is 0 Å². The van der Waals surface area contributed by atoms with Crippen molar-refractivity contribution in [2.75, 3.05) is 0 Å². The summed E-state index contributed by atoms with van der Waals surface area (Å²) in [6.07, 6.45) is 0. The molecule has 0 atom stereocenters. The Hall–Kier alpha value is -0.610. The molecule has 0 spiro atoms. The molecule has 4 heteroatoms. The second kappa shape index (κ2) is 5.41. The Labute approximate surface area is 117 Å². The molecule has 114 valence electrons. The van der Waals surface area contributed by atoms with Crippen molar-refractivity contribution in [2.45, 2.75) is 86.0 Å². The summed E-state index contributed by atoms with van der Waals surface area (Å²) in [5, 5.41) is 0. The van der Waals surface area contributed by atoms with Crippen LogP contribution >= 0.6 is 0 Å². The van der Waals surface area contributed by atoms with Gasteiger partial charge in [-0.15, -0.1) is 0 Å². The maximum atomic E-state index is 12.2. The molecule has 0 aromatic rings. The van der Waals surface area contributed by atoms with Crippen LogP contribution in [0.4, 0.5) is 0 Å². The van der Waals surface area contributed by atoms with Gasteiger partial charge < -0.3 is 4.74 Å². The van der Waals surface area contributed by atoms with Gasteiger partial charge in [0, 0.05) is 5.41 Å². The summed E-state index contributed by atoms with van der Waals surface area (Å²) in [6.45, 7) is 18.7. The zero-order valence-electron chi connectivity index (χ0n) is 14.1. The average molecular weight is 274 g/mol. The molecule has 0 fully saturated rings. The molecule has 0 N–H and O–H groups in total. The molecule has 0 aliphatic carbocycles. The van der Waals surface area contributed by atoms with Crippen molar-refractivity contribution in [3.05, 3.63) is 0 Å². The first-order valence-electron chi connectivity index (χ1n) is 6.69. The van der Waals surface area contributed by atoms with Gasteiger partial charge in [-0.05, 0) is 48.5 Å². The molecule has 0 aliphatic heterocycles. The molecule has 0 saturated carbocycles. The Balaban J connectivity index is 4.74. The first kappa shape index (κ1) is 18.4. The van der Waals surface area contributed by atoms with E-state index in [1.807, 2.05) is 55.4 Å². The van der Waals surface area contributed by atoms with Crippen molar-refractivity contribution in [1.82, 2.24) is 0 Å². The van der Waals surface area contributed by atoms with Crippen LogP contribution in [0.5, 0.6) is 0 Å². The standard InChI is InChI=1S/C15H30O4/c1-12(2,3)15(9,10)17-11(16)14(7,8)19-18-13(4,5)6/h1-10H3. The molecule has 0 aromatic carbocycles. The molecule has 0 rings (SSSR count). The summed E-state index contributed by atoms with van der Waals surface area (Å²) >= 11 is 0. The van der Waals surface area contributed by atoms with E-state index >= 15 is 0 Å². The highest BCUT2D eigenvalue weighted by Crippen LogP contribution is 2.34. The molecule has 0 radical (unpaired) electrons. The van der Waals surface area contributed by atoms with Gasteiger partial charge in [-0.25, -0.2) is 14.6 Å². The third-order valence-electron chi connectivity index (χ3n) is 3.15. The molecule has 0 unspecified atom stereocenters. The van der Waals surface area contributed by atoms with Crippen molar-refractivity contribution in [1.29, 1.82) is 0 Å². The molecule has 0 amide bonds. The van der Waals surface area contributed by atoms with Gasteiger partial charge in [0.1, 0.15) is 5.60 Å². The Morgan fingerprint density at radius 3 is 1.47 bits per heavy atom. The van der Waals surface area contributed by atoms with Crippen LogP contribution in [0.2, 0.25) is 0 Å². The first-order chi connectivity index (χ1) is 8.08. The highest BCUT2D eigenvalue weighted by Gasteiger charge is 2.42. The van der Waals surface area contributed by atoms with E-state index in [1.165, 1.54) is 0 Å². The number of hydrogen-bond donors (Lipinski definition) is 0. The van der Waals surface area contributed by atoms with Gasteiger partial charge in [0.2, 0.25) is 0 Å². The van der Waals surface area contributed by atoms with Gasteiger partial charge in [-0.3, -0.25) is 0 Å². The predicted molar refractivity (Wildman–Crippen MR) is 75.6 cm³/mol. The van der Waals surface area contributed by atoms with E-state index in [4.69, 9.17) is 14.5 Å². The van der Waals surface area contributed by atoms with Crippen LogP contribution < -0.4 is 0 Å². The van der Waals surface area contributed by atoms with Gasteiger partial charge in [0.05, 0.1) is 5.60 Å². The normalized spacial score (nSPS) is 14.4. The zero-order chi connectivity index (χ0) is 15.7. The largest absolute Gasteiger partial charge is 0.457 e. The van der Waals surface area contributed by atoms with Crippen molar-refractivity contribution in [2.24, 2.45) is 5.41 Å². The molecular formula is C15H30O4. The third-order valence-corrected chi connectivity index (χ3v) is 3.15. The van der Waals surface area contributed by atoms with Crippen LogP contribution in [0.15, 0.2) is 0 Å². The van der Waals surface area contributed by atoms with E-state index in [0.717, 1.165) is 0 Å². The minimum atomic E-state index is -1.14. The molecule has 4 nitrogen and oxygen atoms in total. The molecule has 19 heavy (non-hydrogen) atoms. The zero-order valence-corrected chi connectivity index (χ0v) is 14.1.